The van der Waals surface area contributed by atoms with Crippen molar-refractivity contribution in [3.8, 4) is 0 Å². The molecule has 0 aromatic carbocycles. The van der Waals surface area contributed by atoms with Crippen LogP contribution >= 0.6 is 0 Å². The van der Waals surface area contributed by atoms with E-state index in [4.69, 9.17) is 0 Å². The van der Waals surface area contributed by atoms with Gasteiger partial charge in [-0.2, -0.15) is 0 Å². The molecule has 0 aromatic heterocycles. The van der Waals surface area contributed by atoms with Crippen molar-refractivity contribution in [2.24, 2.45) is 34.5 Å². The summed E-state index contributed by atoms with van der Waals surface area (Å²) in [4.78, 5) is 0. The van der Waals surface area contributed by atoms with E-state index >= 15 is 0 Å². The maximum atomic E-state index is 4.63. The maximum Gasteiger partial charge on any atom is -0.0140 e. The van der Waals surface area contributed by atoms with Gasteiger partial charge in [0.15, 0.2) is 0 Å². The van der Waals surface area contributed by atoms with Crippen molar-refractivity contribution in [2.45, 2.75) is 112 Å². The highest BCUT2D eigenvalue weighted by molar-refractivity contribution is 5.29. The van der Waals surface area contributed by atoms with Crippen molar-refractivity contribution in [1.82, 2.24) is 0 Å². The van der Waals surface area contributed by atoms with Crippen LogP contribution in [0.2, 0.25) is 0 Å². The fourth-order valence-corrected chi connectivity index (χ4v) is 7.16. The Bertz CT molecular complexity index is 724. The Morgan fingerprint density at radius 3 is 2.58 bits per heavy atom. The van der Waals surface area contributed by atoms with Crippen molar-refractivity contribution in [3.05, 3.63) is 47.6 Å². The molecule has 0 spiro atoms. The van der Waals surface area contributed by atoms with Crippen LogP contribution in [0.25, 0.3) is 0 Å². The molecule has 0 heterocycles. The van der Waals surface area contributed by atoms with E-state index in [1.54, 1.807) is 16.7 Å². The van der Waals surface area contributed by atoms with Gasteiger partial charge in [0, 0.05) is 0 Å². The van der Waals surface area contributed by atoms with Gasteiger partial charge in [0.25, 0.3) is 0 Å². The standard InChI is InChI=1S/C31H50/c1-9-26-21-25(20-23(3)24(26)4)14-15-27-13-11-19-31(8)28(16-17-29(27)31)22(2)12-10-18-30(5,6)7/h14-15,23,26,28-29H,2,4,9-13,16-21H2,1,3,5-8H3. The van der Waals surface area contributed by atoms with Crippen molar-refractivity contribution in [3.63, 3.8) is 0 Å². The number of hydrogen-bond donors (Lipinski definition) is 0. The SMILES string of the molecule is C=C1C(C)CC(=CC=C2CCCC3(C)C(C(=C)CCCC(C)(C)C)CCC23)CC1CC. The average Bonchev–Trinajstić information content (AvgIpc) is 3.05. The first-order valence-electron chi connectivity index (χ1n) is 13.3. The average molecular weight is 423 g/mol. The summed E-state index contributed by atoms with van der Waals surface area (Å²) < 4.78 is 0. The molecule has 0 amide bonds. The second-order valence-corrected chi connectivity index (χ2v) is 12.7. The second-order valence-electron chi connectivity index (χ2n) is 12.7. The van der Waals surface area contributed by atoms with E-state index in [2.05, 4.69) is 66.9 Å². The predicted octanol–water partition coefficient (Wildman–Crippen LogP) is 9.84. The zero-order valence-electron chi connectivity index (χ0n) is 21.7. The lowest BCUT2D eigenvalue weighted by Crippen LogP contribution is -2.34. The Labute approximate surface area is 194 Å². The minimum absolute atomic E-state index is 0.441. The lowest BCUT2D eigenvalue weighted by molar-refractivity contribution is 0.153. The molecule has 0 saturated heterocycles. The van der Waals surface area contributed by atoms with Gasteiger partial charge in [-0.3, -0.25) is 0 Å². The molecular weight excluding hydrogens is 372 g/mol. The van der Waals surface area contributed by atoms with Crippen LogP contribution in [0.4, 0.5) is 0 Å². The number of rotatable bonds is 6. The summed E-state index contributed by atoms with van der Waals surface area (Å²) in [6, 6.07) is 0. The quantitative estimate of drug-likeness (QED) is 0.373. The molecule has 3 fully saturated rings. The van der Waals surface area contributed by atoms with Gasteiger partial charge in [0.2, 0.25) is 0 Å². The van der Waals surface area contributed by atoms with Crippen LogP contribution in [0.15, 0.2) is 47.6 Å². The van der Waals surface area contributed by atoms with E-state index in [9.17, 15) is 0 Å². The van der Waals surface area contributed by atoms with Crippen LogP contribution in [-0.2, 0) is 0 Å². The molecular formula is C31H50. The zero-order chi connectivity index (χ0) is 22.8. The van der Waals surface area contributed by atoms with Crippen LogP contribution in [0.5, 0.6) is 0 Å². The third-order valence-corrected chi connectivity index (χ3v) is 9.14. The number of fused-ring (bicyclic) bond motifs is 1. The van der Waals surface area contributed by atoms with Crippen LogP contribution in [0.3, 0.4) is 0 Å². The van der Waals surface area contributed by atoms with E-state index in [0.29, 0.717) is 22.7 Å². The largest absolute Gasteiger partial charge is 0.0996 e. The molecule has 3 rings (SSSR count). The lowest BCUT2D eigenvalue weighted by Gasteiger charge is -2.43. The molecule has 3 aliphatic carbocycles. The van der Waals surface area contributed by atoms with Crippen molar-refractivity contribution >= 4 is 0 Å². The van der Waals surface area contributed by atoms with Gasteiger partial charge < -0.3 is 0 Å². The van der Waals surface area contributed by atoms with Crippen LogP contribution < -0.4 is 0 Å². The van der Waals surface area contributed by atoms with Crippen LogP contribution in [0, 0.1) is 34.5 Å². The summed E-state index contributed by atoms with van der Waals surface area (Å²) in [5.41, 5.74) is 7.34. The molecule has 3 aliphatic rings. The van der Waals surface area contributed by atoms with Crippen molar-refractivity contribution in [1.29, 1.82) is 0 Å². The zero-order valence-corrected chi connectivity index (χ0v) is 21.7. The van der Waals surface area contributed by atoms with Crippen LogP contribution in [0.1, 0.15) is 112 Å². The van der Waals surface area contributed by atoms with Gasteiger partial charge in [-0.05, 0) is 105 Å². The van der Waals surface area contributed by atoms with Gasteiger partial charge in [0.05, 0.1) is 0 Å². The highest BCUT2D eigenvalue weighted by Gasteiger charge is 2.49. The molecule has 0 N–H and O–H groups in total. The van der Waals surface area contributed by atoms with Gasteiger partial charge in [-0.25, -0.2) is 0 Å². The highest BCUT2D eigenvalue weighted by atomic mass is 14.5. The lowest BCUT2D eigenvalue weighted by atomic mass is 9.62. The van der Waals surface area contributed by atoms with Gasteiger partial charge >= 0.3 is 0 Å². The van der Waals surface area contributed by atoms with E-state index in [-0.39, 0.29) is 0 Å². The number of hydrogen-bond acceptors (Lipinski definition) is 0. The molecule has 0 heteroatoms. The van der Waals surface area contributed by atoms with Crippen molar-refractivity contribution < 1.29 is 0 Å². The molecule has 31 heavy (non-hydrogen) atoms. The molecule has 5 atom stereocenters. The Hall–Kier alpha value is -1.04. The molecule has 0 radical (unpaired) electrons. The second kappa shape index (κ2) is 9.84. The molecule has 5 unspecified atom stereocenters. The summed E-state index contributed by atoms with van der Waals surface area (Å²) in [6.07, 6.45) is 19.4. The summed E-state index contributed by atoms with van der Waals surface area (Å²) in [7, 11) is 0. The van der Waals surface area contributed by atoms with E-state index in [1.165, 1.54) is 76.2 Å². The van der Waals surface area contributed by atoms with Gasteiger partial charge in [-0.1, -0.05) is 89.1 Å². The Morgan fingerprint density at radius 1 is 1.16 bits per heavy atom. The minimum Gasteiger partial charge on any atom is -0.0996 e. The number of allylic oxidation sites excluding steroid dienone is 6. The summed E-state index contributed by atoms with van der Waals surface area (Å²) in [5, 5.41) is 0. The predicted molar refractivity (Wildman–Crippen MR) is 138 cm³/mol. The molecule has 174 valence electrons. The van der Waals surface area contributed by atoms with E-state index < -0.39 is 0 Å². The summed E-state index contributed by atoms with van der Waals surface area (Å²) in [5.74, 6) is 2.85. The molecule has 0 aliphatic heterocycles. The van der Waals surface area contributed by atoms with E-state index in [1.807, 2.05) is 0 Å². The summed E-state index contributed by atoms with van der Waals surface area (Å²) >= 11 is 0. The fraction of sp³-hybridized carbons (Fsp3) is 0.742. The molecule has 0 bridgehead atoms. The normalized spacial score (nSPS) is 36.8. The van der Waals surface area contributed by atoms with Gasteiger partial charge in [-0.15, -0.1) is 0 Å². The highest BCUT2D eigenvalue weighted by Crippen LogP contribution is 2.59. The van der Waals surface area contributed by atoms with Gasteiger partial charge in [0.1, 0.15) is 0 Å². The molecule has 3 saturated carbocycles. The maximum absolute atomic E-state index is 4.63. The first-order chi connectivity index (χ1) is 14.5. The topological polar surface area (TPSA) is 0 Å². The third kappa shape index (κ3) is 5.66. The van der Waals surface area contributed by atoms with E-state index in [0.717, 1.165) is 11.8 Å². The Morgan fingerprint density at radius 2 is 1.90 bits per heavy atom. The fourth-order valence-electron chi connectivity index (χ4n) is 7.16. The first kappa shape index (κ1) is 24.6. The minimum atomic E-state index is 0.441. The van der Waals surface area contributed by atoms with Crippen LogP contribution in [-0.4, -0.2) is 0 Å². The third-order valence-electron chi connectivity index (χ3n) is 9.14. The Balaban J connectivity index is 1.69. The molecule has 0 nitrogen and oxygen atoms in total. The smallest absolute Gasteiger partial charge is 0.0140 e. The monoisotopic (exact) mass is 422 g/mol. The first-order valence-corrected chi connectivity index (χ1v) is 13.3. The Kier molecular flexibility index (Phi) is 7.81. The molecule has 0 aromatic rings. The summed E-state index contributed by atoms with van der Waals surface area (Å²) in [6.45, 7) is 23.4. The van der Waals surface area contributed by atoms with Crippen molar-refractivity contribution in [2.75, 3.05) is 0 Å².